The molecule has 0 bridgehead atoms. The summed E-state index contributed by atoms with van der Waals surface area (Å²) < 4.78 is 4.91. The van der Waals surface area contributed by atoms with Crippen LogP contribution in [0, 0.1) is 11.8 Å². The number of ketones is 2. The highest BCUT2D eigenvalue weighted by atomic mass is 16.6. The zero-order valence-corrected chi connectivity index (χ0v) is 29.8. The molecule has 0 saturated heterocycles. The van der Waals surface area contributed by atoms with Crippen molar-refractivity contribution in [1.29, 1.82) is 0 Å². The summed E-state index contributed by atoms with van der Waals surface area (Å²) in [6, 6.07) is 0. The molecule has 0 saturated carbocycles. The van der Waals surface area contributed by atoms with Gasteiger partial charge < -0.3 is 46.9 Å². The van der Waals surface area contributed by atoms with E-state index in [2.05, 4.69) is 35.5 Å². The van der Waals surface area contributed by atoms with Gasteiger partial charge in [0, 0.05) is 31.8 Å². The fourth-order valence-corrected chi connectivity index (χ4v) is 1.56. The van der Waals surface area contributed by atoms with Gasteiger partial charge in [-0.15, -0.1) is 0 Å². The van der Waals surface area contributed by atoms with Crippen LogP contribution in [0.25, 0.3) is 0 Å². The lowest BCUT2D eigenvalue weighted by Crippen LogP contribution is -2.32. The first-order valence-electron chi connectivity index (χ1n) is 14.4. The molecule has 0 radical (unpaired) electrons. The minimum Gasteiger partial charge on any atom is -0.478 e. The highest BCUT2D eigenvalue weighted by molar-refractivity contribution is 5.87. The third-order valence-electron chi connectivity index (χ3n) is 2.73. The van der Waals surface area contributed by atoms with Gasteiger partial charge in [-0.2, -0.15) is 0 Å². The van der Waals surface area contributed by atoms with Crippen LogP contribution in [0.15, 0.2) is 24.3 Å². The molecule has 290 valence electrons. The summed E-state index contributed by atoms with van der Waals surface area (Å²) >= 11 is 0. The maximum absolute atomic E-state index is 11.0. The Kier molecular flexibility index (Phi) is 92.8. The van der Waals surface area contributed by atoms with E-state index in [4.69, 9.17) is 15.6 Å². The van der Waals surface area contributed by atoms with E-state index >= 15 is 0 Å². The molecule has 0 aliphatic rings. The van der Waals surface area contributed by atoms with Crippen LogP contribution in [0.4, 0.5) is 4.79 Å². The molecule has 12 heteroatoms. The molecule has 2 amide bonds. The van der Waals surface area contributed by atoms with Crippen LogP contribution in [0.5, 0.6) is 0 Å². The smallest absolute Gasteiger partial charge is 0.407 e. The van der Waals surface area contributed by atoms with E-state index in [0.717, 1.165) is 18.5 Å². The Morgan fingerprint density at radius 3 is 1.34 bits per heavy atom. The highest BCUT2D eigenvalue weighted by Gasteiger charge is 2.14. The standard InChI is InChI=1S/C9H15NO4.C8H16N2O.C5H13N.2C3H6O.C2H6.CH5N.4CH4/c1-9(2,3)14-8(13)10-6-4-5-7(11)12;1-7(2)6-10-8(11)4-3-5-9;1-5(2)4-6-3;2*1-3(2)4;2*1-2;;;;/h4-5H,6H2,1-3H3,(H,10,13)(H,11,12);3-4,7H,5-6,9H2,1-2H3,(H,10,11);5-6H,4H2,1-3H3;2*1-2H3;1-2H3;2H2,1H3;4*1H4/b5-4+;4-3+;;;;;;;;;. The number of alkyl carbamates (subject to hydrolysis) is 1. The molecule has 0 heterocycles. The van der Waals surface area contributed by atoms with Crippen molar-refractivity contribution in [2.24, 2.45) is 23.3 Å². The first-order valence-corrected chi connectivity index (χ1v) is 14.4. The summed E-state index contributed by atoms with van der Waals surface area (Å²) in [6.45, 7) is 26.2. The third-order valence-corrected chi connectivity index (χ3v) is 2.73. The van der Waals surface area contributed by atoms with Crippen LogP contribution in [-0.2, 0) is 23.9 Å². The molecule has 12 nitrogen and oxygen atoms in total. The molecule has 0 rings (SSSR count). The quantitative estimate of drug-likeness (QED) is 0.143. The first kappa shape index (κ1) is 74.6. The van der Waals surface area contributed by atoms with Crippen LogP contribution in [0.3, 0.4) is 0 Å². The first-order chi connectivity index (χ1) is 19.7. The van der Waals surface area contributed by atoms with Gasteiger partial charge >= 0.3 is 12.1 Å². The molecule has 8 N–H and O–H groups in total. The van der Waals surface area contributed by atoms with E-state index in [-0.39, 0.29) is 53.7 Å². The lowest BCUT2D eigenvalue weighted by Gasteiger charge is -2.19. The Morgan fingerprint density at radius 2 is 1.11 bits per heavy atom. The van der Waals surface area contributed by atoms with Crippen molar-refractivity contribution in [3.8, 4) is 0 Å². The number of aliphatic carboxylic acids is 1. The number of nitrogens with one attached hydrogen (secondary N) is 3. The number of hydrogen-bond donors (Lipinski definition) is 6. The van der Waals surface area contributed by atoms with Crippen molar-refractivity contribution in [3.63, 3.8) is 0 Å². The molecular formula is C35H83N5O7. The summed E-state index contributed by atoms with van der Waals surface area (Å²) in [4.78, 5) is 50.8. The molecule has 0 aromatic rings. The molecule has 47 heavy (non-hydrogen) atoms. The molecule has 0 aromatic carbocycles. The second-order valence-corrected chi connectivity index (χ2v) is 10.2. The SMILES string of the molecule is C.C.C.C.CC.CC(C)(C)OC(=O)NC/C=C/C(=O)O.CC(C)=O.CC(C)=O.CC(C)CNC(=O)/C=C/CN.CN.CNCC(C)C. The van der Waals surface area contributed by atoms with Crippen LogP contribution < -0.4 is 27.4 Å². The van der Waals surface area contributed by atoms with Gasteiger partial charge in [-0.3, -0.25) is 4.79 Å². The van der Waals surface area contributed by atoms with E-state index in [1.807, 2.05) is 34.7 Å². The van der Waals surface area contributed by atoms with Crippen molar-refractivity contribution in [2.45, 2.75) is 125 Å². The van der Waals surface area contributed by atoms with E-state index in [0.29, 0.717) is 19.0 Å². The van der Waals surface area contributed by atoms with E-state index < -0.39 is 17.7 Å². The number of ether oxygens (including phenoxy) is 1. The van der Waals surface area contributed by atoms with Crippen molar-refractivity contribution in [1.82, 2.24) is 16.0 Å². The minimum atomic E-state index is -1.05. The number of hydrogen-bond acceptors (Lipinski definition) is 9. The summed E-state index contributed by atoms with van der Waals surface area (Å²) in [5.41, 5.74) is 9.12. The summed E-state index contributed by atoms with van der Waals surface area (Å²) in [7, 11) is 3.47. The van der Waals surface area contributed by atoms with Gasteiger partial charge in [0.05, 0.1) is 0 Å². The summed E-state index contributed by atoms with van der Waals surface area (Å²) in [5, 5.41) is 16.4. The molecule has 0 atom stereocenters. The van der Waals surface area contributed by atoms with Crippen LogP contribution in [0.2, 0.25) is 0 Å². The number of carbonyl (C=O) groups is 5. The predicted molar refractivity (Wildman–Crippen MR) is 207 cm³/mol. The number of carboxylic acid groups (broad SMARTS) is 1. The maximum Gasteiger partial charge on any atom is 0.407 e. The van der Waals surface area contributed by atoms with Gasteiger partial charge in [-0.25, -0.2) is 9.59 Å². The average molecular weight is 686 g/mol. The van der Waals surface area contributed by atoms with E-state index in [1.54, 1.807) is 26.8 Å². The van der Waals surface area contributed by atoms with E-state index in [1.165, 1.54) is 46.9 Å². The molecular weight excluding hydrogens is 602 g/mol. The topological polar surface area (TPSA) is 203 Å². The van der Waals surface area contributed by atoms with E-state index in [9.17, 15) is 24.0 Å². The monoisotopic (exact) mass is 686 g/mol. The van der Waals surface area contributed by atoms with Gasteiger partial charge in [0.25, 0.3) is 0 Å². The second kappa shape index (κ2) is 58.4. The number of Topliss-reactive ketones (excluding diaryl/α,β-unsaturated/α-hetero) is 2. The number of amides is 2. The van der Waals surface area contributed by atoms with Crippen LogP contribution in [0.1, 0.15) is 120 Å². The Hall–Kier alpha value is -3.09. The fraction of sp³-hybridized carbons (Fsp3) is 0.743. The zero-order valence-electron chi connectivity index (χ0n) is 29.8. The van der Waals surface area contributed by atoms with Crippen molar-refractivity contribution in [3.05, 3.63) is 24.3 Å². The van der Waals surface area contributed by atoms with Crippen LogP contribution in [-0.4, -0.2) is 80.5 Å². The molecule has 0 fully saturated rings. The Morgan fingerprint density at radius 1 is 0.745 bits per heavy atom. The summed E-state index contributed by atoms with van der Waals surface area (Å²) in [5.74, 6) is 0.500. The lowest BCUT2D eigenvalue weighted by molar-refractivity contribution is -0.131. The van der Waals surface area contributed by atoms with Crippen LogP contribution >= 0.6 is 0 Å². The summed E-state index contributed by atoms with van der Waals surface area (Å²) in [6.07, 6.45) is 4.81. The van der Waals surface area contributed by atoms with Crippen molar-refractivity contribution < 1.29 is 33.8 Å². The number of nitrogens with two attached hydrogens (primary N) is 2. The van der Waals surface area contributed by atoms with Gasteiger partial charge in [-0.1, -0.05) is 83.4 Å². The predicted octanol–water partition coefficient (Wildman–Crippen LogP) is 6.62. The second-order valence-electron chi connectivity index (χ2n) is 10.2. The van der Waals surface area contributed by atoms with Crippen molar-refractivity contribution in [2.75, 3.05) is 40.3 Å². The molecule has 0 aromatic heterocycles. The highest BCUT2D eigenvalue weighted by Crippen LogP contribution is 2.06. The molecule has 0 aliphatic carbocycles. The number of carbonyl (C=O) groups excluding carboxylic acids is 4. The minimum absolute atomic E-state index is 0. The average Bonchev–Trinajstić information content (AvgIpc) is 2.85. The Labute approximate surface area is 292 Å². The maximum atomic E-state index is 11.0. The largest absolute Gasteiger partial charge is 0.478 e. The Bertz CT molecular complexity index is 698. The fourth-order valence-electron chi connectivity index (χ4n) is 1.56. The normalized spacial score (nSPS) is 8.57. The Balaban J connectivity index is -0.0000000391. The van der Waals surface area contributed by atoms with Gasteiger partial charge in [0.2, 0.25) is 5.91 Å². The lowest BCUT2D eigenvalue weighted by atomic mass is 10.2. The van der Waals surface area contributed by atoms with Gasteiger partial charge in [-0.05, 0) is 80.9 Å². The van der Waals surface area contributed by atoms with Gasteiger partial charge in [0.15, 0.2) is 0 Å². The number of carboxylic acids is 1. The zero-order chi connectivity index (χ0) is 36.0. The molecule has 0 aliphatic heterocycles. The molecule has 0 spiro atoms. The molecule has 0 unspecified atom stereocenters. The number of rotatable bonds is 9. The third kappa shape index (κ3) is 164. The van der Waals surface area contributed by atoms with Gasteiger partial charge in [0.1, 0.15) is 17.2 Å². The van der Waals surface area contributed by atoms with Crippen molar-refractivity contribution >= 4 is 29.5 Å².